The first kappa shape index (κ1) is 14.7. The molecule has 0 bridgehead atoms. The summed E-state index contributed by atoms with van der Waals surface area (Å²) in [5.41, 5.74) is 1.37. The Bertz CT molecular complexity index is 811. The summed E-state index contributed by atoms with van der Waals surface area (Å²) in [7, 11) is 0. The van der Waals surface area contributed by atoms with E-state index in [-0.39, 0.29) is 5.97 Å². The lowest BCUT2D eigenvalue weighted by molar-refractivity contribution is -0.567. The highest BCUT2D eigenvalue weighted by Crippen LogP contribution is 2.20. The van der Waals surface area contributed by atoms with E-state index < -0.39 is 0 Å². The molecule has 23 heavy (non-hydrogen) atoms. The normalized spacial score (nSPS) is 10.6. The molecule has 0 fully saturated rings. The van der Waals surface area contributed by atoms with E-state index in [1.54, 1.807) is 18.2 Å². The third kappa shape index (κ3) is 3.92. The van der Waals surface area contributed by atoms with Crippen LogP contribution < -0.4 is 9.30 Å². The molecule has 0 saturated heterocycles. The summed E-state index contributed by atoms with van der Waals surface area (Å²) in [6.45, 7) is 0. The Hall–Kier alpha value is -3.20. The Kier molecular flexibility index (Phi) is 4.60. The number of carbonyl (C=O) groups excluding carboxylic acids is 1. The van der Waals surface area contributed by atoms with E-state index in [2.05, 4.69) is 0 Å². The zero-order valence-electron chi connectivity index (χ0n) is 12.5. The molecular formula is C20H16NO2+. The van der Waals surface area contributed by atoms with Gasteiger partial charge in [0.2, 0.25) is 0 Å². The molecule has 0 amide bonds. The highest BCUT2D eigenvalue weighted by Gasteiger charge is 2.10. The maximum Gasteiger partial charge on any atom is 0.343 e. The molecule has 3 rings (SSSR count). The smallest absolute Gasteiger partial charge is 0.343 e. The Labute approximate surface area is 135 Å². The van der Waals surface area contributed by atoms with Crippen LogP contribution in [0.3, 0.4) is 0 Å². The number of pyridine rings is 1. The summed E-state index contributed by atoms with van der Waals surface area (Å²) in [6.07, 6.45) is 7.70. The molecule has 0 radical (unpaired) electrons. The lowest BCUT2D eigenvalue weighted by Crippen LogP contribution is -2.23. The maximum atomic E-state index is 12.2. The molecule has 0 aliphatic heterocycles. The van der Waals surface area contributed by atoms with Crippen LogP contribution >= 0.6 is 0 Å². The first-order valence-corrected chi connectivity index (χ1v) is 7.33. The van der Waals surface area contributed by atoms with Gasteiger partial charge in [-0.1, -0.05) is 42.5 Å². The summed E-state index contributed by atoms with van der Waals surface area (Å²) in [5, 5.41) is 0. The minimum absolute atomic E-state index is 0.362. The molecule has 1 aromatic heterocycles. The van der Waals surface area contributed by atoms with E-state index in [4.69, 9.17) is 4.74 Å². The molecule has 0 unspecified atom stereocenters. The number of carbonyl (C=O) groups is 1. The van der Waals surface area contributed by atoms with Crippen LogP contribution in [0.5, 0.6) is 5.75 Å². The van der Waals surface area contributed by atoms with Crippen molar-refractivity contribution >= 4 is 18.2 Å². The van der Waals surface area contributed by atoms with Gasteiger partial charge in [0, 0.05) is 23.8 Å². The molecule has 0 N–H and O–H groups in total. The number of benzene rings is 2. The number of hydrogen-bond acceptors (Lipinski definition) is 2. The summed E-state index contributed by atoms with van der Waals surface area (Å²) in [4.78, 5) is 12.2. The van der Waals surface area contributed by atoms with Crippen molar-refractivity contribution < 1.29 is 14.1 Å². The van der Waals surface area contributed by atoms with Crippen molar-refractivity contribution in [3.05, 3.63) is 96.3 Å². The minimum Gasteiger partial charge on any atom is -0.422 e. The number of esters is 1. The predicted octanol–water partition coefficient (Wildman–Crippen LogP) is 3.82. The maximum absolute atomic E-state index is 12.2. The van der Waals surface area contributed by atoms with E-state index in [1.165, 1.54) is 0 Å². The first-order valence-electron chi connectivity index (χ1n) is 7.33. The van der Waals surface area contributed by atoms with Gasteiger partial charge in [-0.05, 0) is 18.2 Å². The third-order valence-electron chi connectivity index (χ3n) is 3.30. The largest absolute Gasteiger partial charge is 0.422 e. The van der Waals surface area contributed by atoms with Crippen molar-refractivity contribution in [1.29, 1.82) is 0 Å². The summed E-state index contributed by atoms with van der Waals surface area (Å²) in [5.74, 6) is 0.174. The SMILES string of the molecule is O=C(Oc1ccccc1/C=C\[n+]1ccccc1)c1ccccc1. The van der Waals surface area contributed by atoms with Gasteiger partial charge in [-0.25, -0.2) is 4.79 Å². The monoisotopic (exact) mass is 302 g/mol. The lowest BCUT2D eigenvalue weighted by atomic mass is 10.2. The Morgan fingerprint density at radius 2 is 1.48 bits per heavy atom. The van der Waals surface area contributed by atoms with Gasteiger partial charge in [0.25, 0.3) is 0 Å². The van der Waals surface area contributed by atoms with E-state index in [0.717, 1.165) is 5.56 Å². The molecule has 0 saturated carbocycles. The van der Waals surface area contributed by atoms with Gasteiger partial charge in [-0.15, -0.1) is 0 Å². The second kappa shape index (κ2) is 7.18. The van der Waals surface area contributed by atoms with Gasteiger partial charge < -0.3 is 4.74 Å². The van der Waals surface area contributed by atoms with Crippen LogP contribution in [0, 0.1) is 0 Å². The molecule has 112 valence electrons. The molecule has 3 nitrogen and oxygen atoms in total. The van der Waals surface area contributed by atoms with Crippen LogP contribution in [-0.2, 0) is 0 Å². The van der Waals surface area contributed by atoms with Crippen LogP contribution in [0.4, 0.5) is 0 Å². The molecule has 0 atom stereocenters. The fraction of sp³-hybridized carbons (Fsp3) is 0. The number of para-hydroxylation sites is 1. The average molecular weight is 302 g/mol. The minimum atomic E-state index is -0.362. The standard InChI is InChI=1S/C20H16NO2/c22-20(18-10-3-1-4-11-18)23-19-12-6-5-9-17(19)13-16-21-14-7-2-8-15-21/h1-16H/q+1/b16-13-. The van der Waals surface area contributed by atoms with E-state index >= 15 is 0 Å². The van der Waals surface area contributed by atoms with Crippen LogP contribution in [0.25, 0.3) is 12.3 Å². The summed E-state index contributed by atoms with van der Waals surface area (Å²) in [6, 6.07) is 22.3. The van der Waals surface area contributed by atoms with Crippen molar-refractivity contribution in [2.75, 3.05) is 0 Å². The number of aromatic nitrogens is 1. The number of hydrogen-bond donors (Lipinski definition) is 0. The van der Waals surface area contributed by atoms with E-state index in [9.17, 15) is 4.79 Å². The molecule has 1 heterocycles. The van der Waals surface area contributed by atoms with Crippen LogP contribution in [0.1, 0.15) is 15.9 Å². The van der Waals surface area contributed by atoms with Gasteiger partial charge in [-0.2, -0.15) is 4.57 Å². The fourth-order valence-electron chi connectivity index (χ4n) is 2.12. The zero-order chi connectivity index (χ0) is 15.9. The van der Waals surface area contributed by atoms with Gasteiger partial charge in [0.05, 0.1) is 5.56 Å². The highest BCUT2D eigenvalue weighted by atomic mass is 16.5. The number of rotatable bonds is 4. The molecular weight excluding hydrogens is 286 g/mol. The van der Waals surface area contributed by atoms with Crippen molar-refractivity contribution in [3.8, 4) is 5.75 Å². The van der Waals surface area contributed by atoms with E-state index in [0.29, 0.717) is 11.3 Å². The zero-order valence-corrected chi connectivity index (χ0v) is 12.5. The molecule has 3 aromatic rings. The van der Waals surface area contributed by atoms with Gasteiger partial charge >= 0.3 is 5.97 Å². The number of nitrogens with zero attached hydrogens (tertiary/aromatic N) is 1. The first-order chi connectivity index (χ1) is 11.3. The van der Waals surface area contributed by atoms with Crippen LogP contribution in [-0.4, -0.2) is 5.97 Å². The van der Waals surface area contributed by atoms with Gasteiger partial charge in [0.15, 0.2) is 18.6 Å². The lowest BCUT2D eigenvalue weighted by Gasteiger charge is -2.06. The number of ether oxygens (including phenoxy) is 1. The fourth-order valence-corrected chi connectivity index (χ4v) is 2.12. The Balaban J connectivity index is 1.81. The van der Waals surface area contributed by atoms with Crippen molar-refractivity contribution in [3.63, 3.8) is 0 Å². The highest BCUT2D eigenvalue weighted by molar-refractivity contribution is 5.91. The van der Waals surface area contributed by atoms with Gasteiger partial charge in [-0.3, -0.25) is 0 Å². The molecule has 0 aliphatic carbocycles. The average Bonchev–Trinajstić information content (AvgIpc) is 2.62. The van der Waals surface area contributed by atoms with Crippen LogP contribution in [0.15, 0.2) is 85.2 Å². The Morgan fingerprint density at radius 1 is 0.826 bits per heavy atom. The molecule has 0 spiro atoms. The van der Waals surface area contributed by atoms with Crippen LogP contribution in [0.2, 0.25) is 0 Å². The predicted molar refractivity (Wildman–Crippen MR) is 89.7 cm³/mol. The Morgan fingerprint density at radius 3 is 2.26 bits per heavy atom. The summed E-state index contributed by atoms with van der Waals surface area (Å²) < 4.78 is 7.45. The second-order valence-corrected chi connectivity index (χ2v) is 4.93. The van der Waals surface area contributed by atoms with Crippen molar-refractivity contribution in [2.24, 2.45) is 0 Å². The summed E-state index contributed by atoms with van der Waals surface area (Å²) >= 11 is 0. The van der Waals surface area contributed by atoms with Gasteiger partial charge in [0.1, 0.15) is 5.75 Å². The third-order valence-corrected chi connectivity index (χ3v) is 3.30. The topological polar surface area (TPSA) is 30.2 Å². The van der Waals surface area contributed by atoms with Crippen molar-refractivity contribution in [1.82, 2.24) is 0 Å². The van der Waals surface area contributed by atoms with E-state index in [1.807, 2.05) is 83.8 Å². The molecule has 0 aliphatic rings. The molecule has 3 heteroatoms. The second-order valence-electron chi connectivity index (χ2n) is 4.93. The quantitative estimate of drug-likeness (QED) is 0.416. The van der Waals surface area contributed by atoms with Crippen molar-refractivity contribution in [2.45, 2.75) is 0 Å². The molecule has 2 aromatic carbocycles.